The van der Waals surface area contributed by atoms with Crippen LogP contribution < -0.4 is 0 Å². The van der Waals surface area contributed by atoms with Crippen LogP contribution in [0.1, 0.15) is 13.8 Å². The highest BCUT2D eigenvalue weighted by Gasteiger charge is 2.64. The average molecular weight is 595 g/mol. The fourth-order valence-corrected chi connectivity index (χ4v) is 9.50. The summed E-state index contributed by atoms with van der Waals surface area (Å²) in [6.07, 6.45) is 0. The van der Waals surface area contributed by atoms with Gasteiger partial charge in [-0.3, -0.25) is 0 Å². The van der Waals surface area contributed by atoms with Gasteiger partial charge in [-0.05, 0) is 13.8 Å². The summed E-state index contributed by atoms with van der Waals surface area (Å²) in [4.78, 5) is 0. The van der Waals surface area contributed by atoms with Crippen LogP contribution in [0, 0.1) is 0 Å². The van der Waals surface area contributed by atoms with Gasteiger partial charge in [0.2, 0.25) is 0 Å². The molecule has 0 amide bonds. The van der Waals surface area contributed by atoms with Gasteiger partial charge < -0.3 is 0 Å². The highest BCUT2D eigenvalue weighted by Crippen LogP contribution is 2.58. The highest BCUT2D eigenvalue weighted by atomic mass is 35.5. The van der Waals surface area contributed by atoms with Crippen LogP contribution in [0.2, 0.25) is 0 Å². The van der Waals surface area contributed by atoms with E-state index in [4.69, 9.17) is 116 Å². The quantitative estimate of drug-likeness (QED) is 0.305. The van der Waals surface area contributed by atoms with E-state index in [9.17, 15) is 8.42 Å². The lowest BCUT2D eigenvalue weighted by Crippen LogP contribution is -2.59. The maximum absolute atomic E-state index is 13.8. The molecule has 2 nitrogen and oxygen atoms in total. The fourth-order valence-electron chi connectivity index (χ4n) is 2.72. The van der Waals surface area contributed by atoms with Gasteiger partial charge in [-0.25, -0.2) is 8.42 Å². The van der Waals surface area contributed by atoms with E-state index in [-0.39, 0.29) is 40.3 Å². The molecule has 0 aliphatic heterocycles. The van der Waals surface area contributed by atoms with Crippen molar-refractivity contribution >= 4 is 126 Å². The van der Waals surface area contributed by atoms with E-state index in [1.807, 2.05) is 0 Å². The molecule has 4 unspecified atom stereocenters. The first-order valence-corrected chi connectivity index (χ1v) is 12.2. The molecule has 0 aromatic heterocycles. The Bertz CT molecular complexity index is 877. The van der Waals surface area contributed by atoms with Crippen molar-refractivity contribution in [3.63, 3.8) is 0 Å². The van der Waals surface area contributed by atoms with Crippen LogP contribution in [-0.2, 0) is 9.84 Å². The standard InChI is InChI=1S/C14H8Cl10O2S/c1-13(9(21)5(17)3(15)6(18)10(13)22)27(25,26)14(2)11(23)7(19)4(16)8(20)12(14)24/h9,11H,1-2H3. The molecule has 4 atom stereocenters. The smallest absolute Gasteiger partial charge is 0.175 e. The van der Waals surface area contributed by atoms with Gasteiger partial charge in [0.15, 0.2) is 9.84 Å². The largest absolute Gasteiger partial charge is 0.227 e. The molecule has 0 bridgehead atoms. The first-order valence-electron chi connectivity index (χ1n) is 6.84. The van der Waals surface area contributed by atoms with Crippen LogP contribution in [0.4, 0.5) is 0 Å². The second-order valence-electron chi connectivity index (χ2n) is 6.02. The normalized spacial score (nSPS) is 36.1. The molecule has 0 saturated carbocycles. The summed E-state index contributed by atoms with van der Waals surface area (Å²) in [5.41, 5.74) is 0. The number of rotatable bonds is 2. The summed E-state index contributed by atoms with van der Waals surface area (Å²) in [5.74, 6) is 0. The number of hydrogen-bond donors (Lipinski definition) is 0. The zero-order chi connectivity index (χ0) is 21.3. The van der Waals surface area contributed by atoms with Gasteiger partial charge in [0.1, 0.15) is 9.49 Å². The van der Waals surface area contributed by atoms with Crippen LogP contribution >= 0.6 is 116 Å². The summed E-state index contributed by atoms with van der Waals surface area (Å²) in [6, 6.07) is 0. The van der Waals surface area contributed by atoms with Gasteiger partial charge in [0.05, 0.1) is 51.0 Å². The van der Waals surface area contributed by atoms with Crippen molar-refractivity contribution in [2.45, 2.75) is 34.1 Å². The molecule has 0 heterocycles. The molecule has 0 N–H and O–H groups in total. The molecule has 0 aromatic rings. The molecule has 0 fully saturated rings. The predicted molar refractivity (Wildman–Crippen MR) is 120 cm³/mol. The van der Waals surface area contributed by atoms with Gasteiger partial charge in [0, 0.05) is 0 Å². The Morgan fingerprint density at radius 1 is 0.630 bits per heavy atom. The van der Waals surface area contributed by atoms with Crippen LogP contribution in [0.25, 0.3) is 0 Å². The van der Waals surface area contributed by atoms with Gasteiger partial charge in [-0.2, -0.15) is 0 Å². The second-order valence-corrected chi connectivity index (χ2v) is 12.7. The van der Waals surface area contributed by atoms with E-state index in [1.165, 1.54) is 13.8 Å². The van der Waals surface area contributed by atoms with Crippen molar-refractivity contribution in [1.82, 2.24) is 0 Å². The first-order chi connectivity index (χ1) is 12.1. The summed E-state index contributed by atoms with van der Waals surface area (Å²) < 4.78 is 23.6. The monoisotopic (exact) mass is 590 g/mol. The fraction of sp³-hybridized carbons (Fsp3) is 0.429. The first kappa shape index (κ1) is 25.1. The van der Waals surface area contributed by atoms with E-state index in [2.05, 4.69) is 0 Å². The Kier molecular flexibility index (Phi) is 7.48. The summed E-state index contributed by atoms with van der Waals surface area (Å²) in [6.45, 7) is 2.47. The third-order valence-electron chi connectivity index (χ3n) is 4.59. The van der Waals surface area contributed by atoms with Crippen molar-refractivity contribution in [3.05, 3.63) is 40.3 Å². The van der Waals surface area contributed by atoms with E-state index < -0.39 is 30.1 Å². The highest BCUT2D eigenvalue weighted by molar-refractivity contribution is 7.95. The van der Waals surface area contributed by atoms with E-state index in [1.54, 1.807) is 0 Å². The summed E-state index contributed by atoms with van der Waals surface area (Å²) in [5, 5.41) is -4.72. The minimum Gasteiger partial charge on any atom is -0.227 e. The van der Waals surface area contributed by atoms with Crippen LogP contribution in [0.3, 0.4) is 0 Å². The third kappa shape index (κ3) is 3.22. The van der Waals surface area contributed by atoms with E-state index in [0.717, 1.165) is 0 Å². The van der Waals surface area contributed by atoms with Gasteiger partial charge in [-0.15, -0.1) is 23.2 Å². The van der Waals surface area contributed by atoms with Crippen molar-refractivity contribution in [2.75, 3.05) is 0 Å². The molecular weight excluding hydrogens is 587 g/mol. The molecular formula is C14H8Cl10O2S. The van der Waals surface area contributed by atoms with Crippen molar-refractivity contribution in [2.24, 2.45) is 0 Å². The Balaban J connectivity index is 2.87. The van der Waals surface area contributed by atoms with Gasteiger partial charge in [-0.1, -0.05) is 92.8 Å². The molecule has 13 heteroatoms. The Labute approximate surface area is 206 Å². The zero-order valence-corrected chi connectivity index (χ0v) is 21.5. The Hall–Kier alpha value is 1.81. The molecule has 0 aromatic carbocycles. The minimum absolute atomic E-state index is 0.159. The van der Waals surface area contributed by atoms with Crippen LogP contribution in [-0.4, -0.2) is 28.7 Å². The molecule has 0 spiro atoms. The molecule has 2 rings (SSSR count). The van der Waals surface area contributed by atoms with Crippen LogP contribution in [0.15, 0.2) is 40.3 Å². The van der Waals surface area contributed by atoms with Crippen molar-refractivity contribution in [1.29, 1.82) is 0 Å². The minimum atomic E-state index is -4.53. The summed E-state index contributed by atoms with van der Waals surface area (Å²) in [7, 11) is -4.53. The molecule has 0 saturated heterocycles. The SMILES string of the molecule is CC1(S(=O)(=O)C2(C)C(Cl)=C(Cl)C(Cl)=C(Cl)C2Cl)C(Cl)=C(Cl)C(Cl)=C(Cl)C1Cl. The number of alkyl halides is 2. The van der Waals surface area contributed by atoms with E-state index in [0.29, 0.717) is 0 Å². The average Bonchev–Trinajstić information content (AvgIpc) is 2.64. The summed E-state index contributed by atoms with van der Waals surface area (Å²) >= 11 is 61.7. The van der Waals surface area contributed by atoms with Gasteiger partial charge >= 0.3 is 0 Å². The van der Waals surface area contributed by atoms with Gasteiger partial charge in [0.25, 0.3) is 0 Å². The lowest BCUT2D eigenvalue weighted by atomic mass is 9.99. The number of hydrogen-bond acceptors (Lipinski definition) is 2. The van der Waals surface area contributed by atoms with Crippen LogP contribution in [0.5, 0.6) is 0 Å². The third-order valence-corrected chi connectivity index (χ3v) is 13.8. The number of allylic oxidation sites excluding steroid dienone is 6. The number of halogens is 10. The molecule has 2 aliphatic rings. The molecule has 2 aliphatic carbocycles. The lowest BCUT2D eigenvalue weighted by Gasteiger charge is -2.46. The maximum atomic E-state index is 13.8. The lowest BCUT2D eigenvalue weighted by molar-refractivity contribution is 0.525. The molecule has 152 valence electrons. The Morgan fingerprint density at radius 2 is 0.889 bits per heavy atom. The number of sulfone groups is 1. The van der Waals surface area contributed by atoms with E-state index >= 15 is 0 Å². The maximum Gasteiger partial charge on any atom is 0.175 e. The second kappa shape index (κ2) is 8.06. The molecule has 27 heavy (non-hydrogen) atoms. The van der Waals surface area contributed by atoms with Crippen molar-refractivity contribution < 1.29 is 8.42 Å². The predicted octanol–water partition coefficient (Wildman–Crippen LogP) is 7.92. The van der Waals surface area contributed by atoms with Crippen molar-refractivity contribution in [3.8, 4) is 0 Å². The Morgan fingerprint density at radius 3 is 1.15 bits per heavy atom. The topological polar surface area (TPSA) is 34.1 Å². The zero-order valence-electron chi connectivity index (χ0n) is 13.2. The molecule has 0 radical (unpaired) electrons.